The van der Waals surface area contributed by atoms with Gasteiger partial charge >= 0.3 is 0 Å². The number of rotatable bonds is 4. The molecular formula is C11H12BrFO2. The highest BCUT2D eigenvalue weighted by Gasteiger charge is 2.14. The average molecular weight is 275 g/mol. The van der Waals surface area contributed by atoms with Crippen molar-refractivity contribution in [1.82, 2.24) is 0 Å². The summed E-state index contributed by atoms with van der Waals surface area (Å²) in [5.41, 5.74) is 0.831. The number of ether oxygens (including phenoxy) is 1. The Hall–Kier alpha value is -0.900. The summed E-state index contributed by atoms with van der Waals surface area (Å²) in [6, 6.07) is 2.98. The van der Waals surface area contributed by atoms with Gasteiger partial charge in [-0.05, 0) is 33.5 Å². The van der Waals surface area contributed by atoms with Crippen LogP contribution in [0.15, 0.2) is 16.6 Å². The Morgan fingerprint density at radius 2 is 2.27 bits per heavy atom. The zero-order valence-electron chi connectivity index (χ0n) is 8.59. The lowest BCUT2D eigenvalue weighted by atomic mass is 9.97. The van der Waals surface area contributed by atoms with E-state index in [2.05, 4.69) is 15.9 Å². The van der Waals surface area contributed by atoms with Crippen LogP contribution in [0.1, 0.15) is 24.8 Å². The Balaban J connectivity index is 3.14. The largest absolute Gasteiger partial charge is 0.496 e. The summed E-state index contributed by atoms with van der Waals surface area (Å²) in [6.07, 6.45) is 1.25. The number of benzene rings is 1. The molecule has 1 aromatic rings. The minimum atomic E-state index is -0.367. The molecule has 0 aliphatic heterocycles. The van der Waals surface area contributed by atoms with Crippen LogP contribution in [-0.4, -0.2) is 13.4 Å². The molecular weight excluding hydrogens is 263 g/mol. The molecule has 2 nitrogen and oxygen atoms in total. The highest BCUT2D eigenvalue weighted by atomic mass is 79.9. The maximum Gasteiger partial charge on any atom is 0.141 e. The van der Waals surface area contributed by atoms with Gasteiger partial charge < -0.3 is 9.53 Å². The van der Waals surface area contributed by atoms with Crippen LogP contribution in [0.25, 0.3) is 0 Å². The molecule has 1 rings (SSSR count). The monoisotopic (exact) mass is 274 g/mol. The fraction of sp³-hybridized carbons (Fsp3) is 0.364. The Morgan fingerprint density at radius 1 is 1.60 bits per heavy atom. The van der Waals surface area contributed by atoms with Crippen LogP contribution in [-0.2, 0) is 4.79 Å². The first-order valence-corrected chi connectivity index (χ1v) is 5.36. The summed E-state index contributed by atoms with van der Waals surface area (Å²) in [7, 11) is 1.49. The van der Waals surface area contributed by atoms with E-state index in [4.69, 9.17) is 4.74 Å². The topological polar surface area (TPSA) is 26.3 Å². The Bertz CT molecular complexity index is 366. The molecule has 0 aromatic heterocycles. The van der Waals surface area contributed by atoms with E-state index in [0.29, 0.717) is 16.6 Å². The van der Waals surface area contributed by atoms with Gasteiger partial charge in [0.2, 0.25) is 0 Å². The molecule has 0 bridgehead atoms. The molecule has 0 aliphatic rings. The minimum absolute atomic E-state index is 0.0225. The van der Waals surface area contributed by atoms with Gasteiger partial charge in [0.15, 0.2) is 0 Å². The third-order valence-corrected chi connectivity index (χ3v) is 2.86. The van der Waals surface area contributed by atoms with Crippen molar-refractivity contribution in [3.63, 3.8) is 0 Å². The van der Waals surface area contributed by atoms with Crippen LogP contribution in [0.4, 0.5) is 4.39 Å². The molecule has 0 amide bonds. The second-order valence-electron chi connectivity index (χ2n) is 3.31. The molecule has 0 saturated heterocycles. The number of methoxy groups -OCH3 is 1. The molecule has 1 unspecified atom stereocenters. The molecule has 0 heterocycles. The smallest absolute Gasteiger partial charge is 0.141 e. The molecule has 0 spiro atoms. The van der Waals surface area contributed by atoms with Crippen molar-refractivity contribution in [1.29, 1.82) is 0 Å². The van der Waals surface area contributed by atoms with E-state index >= 15 is 0 Å². The molecule has 0 fully saturated rings. The van der Waals surface area contributed by atoms with Crippen LogP contribution in [0.2, 0.25) is 0 Å². The summed E-state index contributed by atoms with van der Waals surface area (Å²) in [5.74, 6) is 0.133. The molecule has 4 heteroatoms. The van der Waals surface area contributed by atoms with E-state index < -0.39 is 0 Å². The zero-order chi connectivity index (χ0) is 11.4. The van der Waals surface area contributed by atoms with Gasteiger partial charge in [-0.1, -0.05) is 6.92 Å². The summed E-state index contributed by atoms with van der Waals surface area (Å²) < 4.78 is 18.7. The van der Waals surface area contributed by atoms with E-state index in [9.17, 15) is 9.18 Å². The van der Waals surface area contributed by atoms with Crippen molar-refractivity contribution >= 4 is 22.2 Å². The second kappa shape index (κ2) is 5.26. The van der Waals surface area contributed by atoms with Gasteiger partial charge in [-0.3, -0.25) is 0 Å². The van der Waals surface area contributed by atoms with Crippen molar-refractivity contribution in [2.45, 2.75) is 19.3 Å². The molecule has 15 heavy (non-hydrogen) atoms. The van der Waals surface area contributed by atoms with E-state index in [-0.39, 0.29) is 11.7 Å². The predicted octanol–water partition coefficient (Wildman–Crippen LogP) is 3.29. The van der Waals surface area contributed by atoms with Crippen LogP contribution < -0.4 is 4.74 Å². The quantitative estimate of drug-likeness (QED) is 0.788. The predicted molar refractivity (Wildman–Crippen MR) is 59.7 cm³/mol. The number of hydrogen-bond donors (Lipinski definition) is 0. The normalized spacial score (nSPS) is 12.3. The second-order valence-corrected chi connectivity index (χ2v) is 4.17. The SMILES string of the molecule is COc1cc(F)c(Br)cc1C(C)CC=O. The number of carbonyl (C=O) groups excluding carboxylic acids is 1. The number of hydrogen-bond acceptors (Lipinski definition) is 2. The Kier molecular flexibility index (Phi) is 4.27. The lowest BCUT2D eigenvalue weighted by Crippen LogP contribution is -1.99. The van der Waals surface area contributed by atoms with Gasteiger partial charge in [0.25, 0.3) is 0 Å². The van der Waals surface area contributed by atoms with Crippen molar-refractivity contribution in [3.8, 4) is 5.75 Å². The van der Waals surface area contributed by atoms with Crippen LogP contribution in [0.3, 0.4) is 0 Å². The fourth-order valence-corrected chi connectivity index (χ4v) is 1.74. The van der Waals surface area contributed by atoms with Crippen LogP contribution in [0.5, 0.6) is 5.75 Å². The van der Waals surface area contributed by atoms with Crippen molar-refractivity contribution in [2.75, 3.05) is 7.11 Å². The van der Waals surface area contributed by atoms with Gasteiger partial charge in [0.05, 0.1) is 11.6 Å². The summed E-state index contributed by atoms with van der Waals surface area (Å²) >= 11 is 3.11. The Labute approximate surface area is 96.6 Å². The van der Waals surface area contributed by atoms with Crippen LogP contribution in [0, 0.1) is 5.82 Å². The van der Waals surface area contributed by atoms with E-state index in [1.807, 2.05) is 6.92 Å². The number of halogens is 2. The molecule has 0 N–H and O–H groups in total. The van der Waals surface area contributed by atoms with E-state index in [1.165, 1.54) is 13.2 Å². The summed E-state index contributed by atoms with van der Waals surface area (Å²) in [4.78, 5) is 10.4. The first kappa shape index (κ1) is 12.2. The van der Waals surface area contributed by atoms with E-state index in [0.717, 1.165) is 11.8 Å². The molecule has 0 aliphatic carbocycles. The molecule has 1 aromatic carbocycles. The highest BCUT2D eigenvalue weighted by molar-refractivity contribution is 9.10. The maximum absolute atomic E-state index is 13.2. The van der Waals surface area contributed by atoms with E-state index in [1.54, 1.807) is 6.07 Å². The van der Waals surface area contributed by atoms with Gasteiger partial charge in [-0.25, -0.2) is 4.39 Å². The van der Waals surface area contributed by atoms with Crippen molar-refractivity contribution in [2.24, 2.45) is 0 Å². The number of carbonyl (C=O) groups is 1. The minimum Gasteiger partial charge on any atom is -0.496 e. The first-order valence-electron chi connectivity index (χ1n) is 4.56. The standard InChI is InChI=1S/C11H12BrFO2/c1-7(3-4-14)8-5-9(12)10(13)6-11(8)15-2/h4-7H,3H2,1-2H3. The lowest BCUT2D eigenvalue weighted by molar-refractivity contribution is -0.108. The van der Waals surface area contributed by atoms with Gasteiger partial charge in [0, 0.05) is 12.5 Å². The third-order valence-electron chi connectivity index (χ3n) is 2.25. The van der Waals surface area contributed by atoms with Gasteiger partial charge in [-0.2, -0.15) is 0 Å². The van der Waals surface area contributed by atoms with Crippen molar-refractivity contribution < 1.29 is 13.9 Å². The highest BCUT2D eigenvalue weighted by Crippen LogP contribution is 2.32. The molecule has 0 radical (unpaired) electrons. The first-order chi connectivity index (χ1) is 7.10. The number of aldehydes is 1. The maximum atomic E-state index is 13.2. The fourth-order valence-electron chi connectivity index (χ4n) is 1.38. The summed E-state index contributed by atoms with van der Waals surface area (Å²) in [5, 5.41) is 0. The average Bonchev–Trinajstić information content (AvgIpc) is 2.21. The Morgan fingerprint density at radius 3 is 2.80 bits per heavy atom. The molecule has 0 saturated carbocycles. The molecule has 82 valence electrons. The van der Waals surface area contributed by atoms with Gasteiger partial charge in [0.1, 0.15) is 17.9 Å². The third kappa shape index (κ3) is 2.78. The molecule has 1 atom stereocenters. The lowest BCUT2D eigenvalue weighted by Gasteiger charge is -2.14. The zero-order valence-corrected chi connectivity index (χ0v) is 10.2. The van der Waals surface area contributed by atoms with Crippen molar-refractivity contribution in [3.05, 3.63) is 28.0 Å². The van der Waals surface area contributed by atoms with Crippen LogP contribution >= 0.6 is 15.9 Å². The van der Waals surface area contributed by atoms with Gasteiger partial charge in [-0.15, -0.1) is 0 Å². The summed E-state index contributed by atoms with van der Waals surface area (Å²) in [6.45, 7) is 1.90.